The van der Waals surface area contributed by atoms with Gasteiger partial charge in [-0.15, -0.1) is 11.3 Å². The van der Waals surface area contributed by atoms with Gasteiger partial charge in [0.1, 0.15) is 0 Å². The average Bonchev–Trinajstić information content (AvgIpc) is 2.36. The molecule has 0 amide bonds. The maximum atomic E-state index is 3.46. The maximum absolute atomic E-state index is 3.46. The summed E-state index contributed by atoms with van der Waals surface area (Å²) in [5.74, 6) is 0.686. The van der Waals surface area contributed by atoms with E-state index in [0.717, 1.165) is 5.33 Å². The second kappa shape index (κ2) is 4.63. The topological polar surface area (TPSA) is 0 Å². The molecule has 0 aliphatic rings. The van der Waals surface area contributed by atoms with Crippen LogP contribution in [0.4, 0.5) is 0 Å². The van der Waals surface area contributed by atoms with Crippen LogP contribution in [0.3, 0.4) is 0 Å². The molecule has 11 heavy (non-hydrogen) atoms. The molecule has 0 N–H and O–H groups in total. The van der Waals surface area contributed by atoms with Crippen molar-refractivity contribution in [2.45, 2.75) is 19.3 Å². The molecule has 0 saturated carbocycles. The molecule has 0 aromatic carbocycles. The van der Waals surface area contributed by atoms with E-state index in [1.807, 2.05) is 11.3 Å². The molecule has 1 heterocycles. The van der Waals surface area contributed by atoms with Gasteiger partial charge in [-0.1, -0.05) is 22.9 Å². The van der Waals surface area contributed by atoms with Crippen molar-refractivity contribution < 1.29 is 0 Å². The standard InChI is InChI=1S/C8H10Br2S/c1-6(4-5-9)7-2-3-8(10)11-7/h2-3,6H,4-5H2,1H3. The Hall–Kier alpha value is 0.660. The molecule has 3 heteroatoms. The minimum Gasteiger partial charge on any atom is -0.133 e. The first-order valence-electron chi connectivity index (χ1n) is 3.55. The van der Waals surface area contributed by atoms with E-state index in [1.54, 1.807) is 0 Å². The third kappa shape index (κ3) is 2.88. The quantitative estimate of drug-likeness (QED) is 0.726. The van der Waals surface area contributed by atoms with Crippen LogP contribution in [0.25, 0.3) is 0 Å². The molecule has 0 aliphatic carbocycles. The van der Waals surface area contributed by atoms with Crippen LogP contribution >= 0.6 is 43.2 Å². The lowest BCUT2D eigenvalue weighted by atomic mass is 10.1. The van der Waals surface area contributed by atoms with Crippen LogP contribution in [0.2, 0.25) is 0 Å². The van der Waals surface area contributed by atoms with E-state index >= 15 is 0 Å². The second-order valence-electron chi connectivity index (χ2n) is 2.52. The Morgan fingerprint density at radius 1 is 1.55 bits per heavy atom. The molecule has 1 aromatic rings. The van der Waals surface area contributed by atoms with Gasteiger partial charge in [0.2, 0.25) is 0 Å². The highest BCUT2D eigenvalue weighted by Crippen LogP contribution is 2.30. The lowest BCUT2D eigenvalue weighted by Gasteiger charge is -2.04. The van der Waals surface area contributed by atoms with Crippen molar-refractivity contribution in [3.8, 4) is 0 Å². The van der Waals surface area contributed by atoms with Crippen molar-refractivity contribution in [1.29, 1.82) is 0 Å². The van der Waals surface area contributed by atoms with Gasteiger partial charge in [0.05, 0.1) is 3.79 Å². The lowest BCUT2D eigenvalue weighted by molar-refractivity contribution is 0.759. The summed E-state index contributed by atoms with van der Waals surface area (Å²) in [6.45, 7) is 2.26. The van der Waals surface area contributed by atoms with Crippen molar-refractivity contribution in [2.24, 2.45) is 0 Å². The molecule has 62 valence electrons. The van der Waals surface area contributed by atoms with Crippen LogP contribution in [-0.2, 0) is 0 Å². The second-order valence-corrected chi connectivity index (χ2v) is 5.81. The predicted molar refractivity (Wildman–Crippen MR) is 58.8 cm³/mol. The summed E-state index contributed by atoms with van der Waals surface area (Å²) < 4.78 is 1.23. The van der Waals surface area contributed by atoms with E-state index in [9.17, 15) is 0 Å². The number of halogens is 2. The van der Waals surface area contributed by atoms with Gasteiger partial charge in [-0.25, -0.2) is 0 Å². The molecule has 1 aromatic heterocycles. The van der Waals surface area contributed by atoms with Gasteiger partial charge in [0.25, 0.3) is 0 Å². The molecule has 0 saturated heterocycles. The van der Waals surface area contributed by atoms with Gasteiger partial charge >= 0.3 is 0 Å². The van der Waals surface area contributed by atoms with E-state index in [1.165, 1.54) is 15.1 Å². The summed E-state index contributed by atoms with van der Waals surface area (Å²) in [6, 6.07) is 4.31. The molecule has 1 atom stereocenters. The van der Waals surface area contributed by atoms with E-state index in [2.05, 4.69) is 50.9 Å². The Morgan fingerprint density at radius 3 is 2.73 bits per heavy atom. The largest absolute Gasteiger partial charge is 0.133 e. The molecule has 0 spiro atoms. The average molecular weight is 298 g/mol. The highest BCUT2D eigenvalue weighted by molar-refractivity contribution is 9.11. The molecule has 0 bridgehead atoms. The summed E-state index contributed by atoms with van der Waals surface area (Å²) in [7, 11) is 0. The first-order chi connectivity index (χ1) is 5.24. The predicted octanol–water partition coefficient (Wildman–Crippen LogP) is 4.40. The summed E-state index contributed by atoms with van der Waals surface area (Å²) in [5.41, 5.74) is 0. The molecule has 1 unspecified atom stereocenters. The lowest BCUT2D eigenvalue weighted by Crippen LogP contribution is -1.89. The number of hydrogen-bond acceptors (Lipinski definition) is 1. The zero-order valence-corrected chi connectivity index (χ0v) is 10.3. The van der Waals surface area contributed by atoms with Gasteiger partial charge in [0, 0.05) is 10.2 Å². The number of alkyl halides is 1. The molecule has 1 rings (SSSR count). The highest BCUT2D eigenvalue weighted by atomic mass is 79.9. The third-order valence-corrected chi connectivity index (χ3v) is 3.93. The monoisotopic (exact) mass is 296 g/mol. The number of rotatable bonds is 3. The fraction of sp³-hybridized carbons (Fsp3) is 0.500. The van der Waals surface area contributed by atoms with Crippen LogP contribution < -0.4 is 0 Å². The Bertz CT molecular complexity index is 220. The van der Waals surface area contributed by atoms with Crippen molar-refractivity contribution in [3.05, 3.63) is 20.8 Å². The molecular weight excluding hydrogens is 288 g/mol. The molecule has 0 radical (unpaired) electrons. The SMILES string of the molecule is CC(CCBr)c1ccc(Br)s1. The van der Waals surface area contributed by atoms with Crippen molar-refractivity contribution in [2.75, 3.05) is 5.33 Å². The summed E-state index contributed by atoms with van der Waals surface area (Å²) in [4.78, 5) is 1.47. The Kier molecular flexibility index (Phi) is 4.10. The van der Waals surface area contributed by atoms with Crippen LogP contribution in [0.15, 0.2) is 15.9 Å². The van der Waals surface area contributed by atoms with Crippen LogP contribution in [0, 0.1) is 0 Å². The van der Waals surface area contributed by atoms with E-state index in [0.29, 0.717) is 5.92 Å². The minimum absolute atomic E-state index is 0.686. The van der Waals surface area contributed by atoms with Crippen LogP contribution in [0.1, 0.15) is 24.1 Å². The molecule has 0 fully saturated rings. The Morgan fingerprint density at radius 2 is 2.27 bits per heavy atom. The third-order valence-electron chi connectivity index (χ3n) is 1.62. The Labute approximate surface area is 88.3 Å². The van der Waals surface area contributed by atoms with Crippen molar-refractivity contribution in [1.82, 2.24) is 0 Å². The zero-order valence-electron chi connectivity index (χ0n) is 6.31. The molecule has 0 aliphatic heterocycles. The first kappa shape index (κ1) is 9.75. The summed E-state index contributed by atoms with van der Waals surface area (Å²) >= 11 is 8.74. The van der Waals surface area contributed by atoms with Crippen molar-refractivity contribution >= 4 is 43.2 Å². The van der Waals surface area contributed by atoms with Gasteiger partial charge in [-0.05, 0) is 40.4 Å². The van der Waals surface area contributed by atoms with E-state index < -0.39 is 0 Å². The van der Waals surface area contributed by atoms with Gasteiger partial charge in [-0.3, -0.25) is 0 Å². The summed E-state index contributed by atoms with van der Waals surface area (Å²) in [6.07, 6.45) is 1.22. The molecule has 0 nitrogen and oxygen atoms in total. The van der Waals surface area contributed by atoms with Gasteiger partial charge < -0.3 is 0 Å². The smallest absolute Gasteiger partial charge is 0.0701 e. The highest BCUT2D eigenvalue weighted by Gasteiger charge is 2.06. The molecular formula is C8H10Br2S. The van der Waals surface area contributed by atoms with Gasteiger partial charge in [-0.2, -0.15) is 0 Å². The van der Waals surface area contributed by atoms with Crippen LogP contribution in [-0.4, -0.2) is 5.33 Å². The number of hydrogen-bond donors (Lipinski definition) is 0. The minimum atomic E-state index is 0.686. The van der Waals surface area contributed by atoms with Gasteiger partial charge in [0.15, 0.2) is 0 Å². The van der Waals surface area contributed by atoms with E-state index in [-0.39, 0.29) is 0 Å². The normalized spacial score (nSPS) is 13.4. The fourth-order valence-electron chi connectivity index (χ4n) is 0.899. The van der Waals surface area contributed by atoms with E-state index in [4.69, 9.17) is 0 Å². The number of thiophene rings is 1. The summed E-state index contributed by atoms with van der Waals surface area (Å²) in [5, 5.41) is 1.09. The Balaban J connectivity index is 2.60. The maximum Gasteiger partial charge on any atom is 0.0701 e. The first-order valence-corrected chi connectivity index (χ1v) is 6.28. The zero-order chi connectivity index (χ0) is 8.27. The fourth-order valence-corrected chi connectivity index (χ4v) is 3.10. The van der Waals surface area contributed by atoms with Crippen LogP contribution in [0.5, 0.6) is 0 Å². The van der Waals surface area contributed by atoms with Crippen molar-refractivity contribution in [3.63, 3.8) is 0 Å².